The van der Waals surface area contributed by atoms with Gasteiger partial charge in [-0.3, -0.25) is 4.79 Å². The summed E-state index contributed by atoms with van der Waals surface area (Å²) in [6.07, 6.45) is 0. The minimum atomic E-state index is -0.0821. The monoisotopic (exact) mass is 219 g/mol. The summed E-state index contributed by atoms with van der Waals surface area (Å²) >= 11 is 0. The van der Waals surface area contributed by atoms with E-state index in [1.165, 1.54) is 5.56 Å². The number of hydrogen-bond donors (Lipinski definition) is 1. The van der Waals surface area contributed by atoms with E-state index in [0.717, 1.165) is 13.1 Å². The molecule has 0 saturated carbocycles. The Balaban J connectivity index is 2.12. The highest BCUT2D eigenvalue weighted by atomic mass is 16.5. The molecule has 1 aliphatic rings. The van der Waals surface area contributed by atoms with Crippen molar-refractivity contribution >= 4 is 5.97 Å². The zero-order valence-corrected chi connectivity index (χ0v) is 9.48. The van der Waals surface area contributed by atoms with Gasteiger partial charge >= 0.3 is 5.97 Å². The van der Waals surface area contributed by atoms with E-state index in [0.29, 0.717) is 6.61 Å². The van der Waals surface area contributed by atoms with Crippen molar-refractivity contribution in [1.82, 2.24) is 5.32 Å². The smallest absolute Gasteiger partial charge is 0.310 e. The summed E-state index contributed by atoms with van der Waals surface area (Å²) in [5.41, 5.74) is 1.21. The molecule has 0 aliphatic carbocycles. The van der Waals surface area contributed by atoms with E-state index in [1.807, 2.05) is 25.1 Å². The summed E-state index contributed by atoms with van der Waals surface area (Å²) < 4.78 is 5.10. The standard InChI is InChI=1S/C13H17NO2/c1-2-16-13(15)12-9-14-8-11(12)10-6-4-3-5-7-10/h3-7,11-12,14H,2,8-9H2,1H3/t11-,12+/m1/s1. The van der Waals surface area contributed by atoms with Gasteiger partial charge in [-0.05, 0) is 12.5 Å². The van der Waals surface area contributed by atoms with Crippen molar-refractivity contribution in [2.75, 3.05) is 19.7 Å². The van der Waals surface area contributed by atoms with E-state index >= 15 is 0 Å². The van der Waals surface area contributed by atoms with E-state index in [9.17, 15) is 4.79 Å². The summed E-state index contributed by atoms with van der Waals surface area (Å²) in [6, 6.07) is 10.2. The third-order valence-corrected chi connectivity index (χ3v) is 3.03. The van der Waals surface area contributed by atoms with Crippen LogP contribution in [0, 0.1) is 5.92 Å². The van der Waals surface area contributed by atoms with Crippen LogP contribution in [0.2, 0.25) is 0 Å². The maximum atomic E-state index is 11.8. The molecule has 0 radical (unpaired) electrons. The third-order valence-electron chi connectivity index (χ3n) is 3.03. The quantitative estimate of drug-likeness (QED) is 0.784. The molecule has 1 heterocycles. The number of carbonyl (C=O) groups excluding carboxylic acids is 1. The van der Waals surface area contributed by atoms with E-state index in [1.54, 1.807) is 0 Å². The van der Waals surface area contributed by atoms with Gasteiger partial charge in [-0.25, -0.2) is 0 Å². The Morgan fingerprint density at radius 3 is 2.81 bits per heavy atom. The number of hydrogen-bond acceptors (Lipinski definition) is 3. The van der Waals surface area contributed by atoms with Crippen LogP contribution in [-0.4, -0.2) is 25.7 Å². The maximum Gasteiger partial charge on any atom is 0.310 e. The summed E-state index contributed by atoms with van der Waals surface area (Å²) in [5.74, 6) is 0.129. The van der Waals surface area contributed by atoms with Crippen molar-refractivity contribution in [3.05, 3.63) is 35.9 Å². The first-order valence-corrected chi connectivity index (χ1v) is 5.75. The van der Waals surface area contributed by atoms with Gasteiger partial charge in [-0.2, -0.15) is 0 Å². The van der Waals surface area contributed by atoms with Gasteiger partial charge in [0.2, 0.25) is 0 Å². The number of carbonyl (C=O) groups is 1. The van der Waals surface area contributed by atoms with E-state index in [-0.39, 0.29) is 17.8 Å². The average molecular weight is 219 g/mol. The molecule has 2 rings (SSSR count). The highest BCUT2D eigenvalue weighted by Gasteiger charge is 2.34. The van der Waals surface area contributed by atoms with Gasteiger partial charge in [0.05, 0.1) is 12.5 Å². The molecule has 1 saturated heterocycles. The number of esters is 1. The predicted molar refractivity (Wildman–Crippen MR) is 62.2 cm³/mol. The molecule has 3 nitrogen and oxygen atoms in total. The van der Waals surface area contributed by atoms with E-state index < -0.39 is 0 Å². The van der Waals surface area contributed by atoms with Gasteiger partial charge in [-0.15, -0.1) is 0 Å². The second-order valence-corrected chi connectivity index (χ2v) is 4.03. The van der Waals surface area contributed by atoms with Crippen LogP contribution in [0.5, 0.6) is 0 Å². The maximum absolute atomic E-state index is 11.8. The number of nitrogens with one attached hydrogen (secondary N) is 1. The van der Waals surface area contributed by atoms with Gasteiger partial charge in [0.1, 0.15) is 0 Å². The summed E-state index contributed by atoms with van der Waals surface area (Å²) in [5, 5.41) is 3.26. The largest absolute Gasteiger partial charge is 0.466 e. The Hall–Kier alpha value is -1.35. The van der Waals surface area contributed by atoms with Gasteiger partial charge in [0.25, 0.3) is 0 Å². The highest BCUT2D eigenvalue weighted by Crippen LogP contribution is 2.28. The minimum absolute atomic E-state index is 0.0395. The van der Waals surface area contributed by atoms with Gasteiger partial charge < -0.3 is 10.1 Å². The predicted octanol–water partition coefficient (Wildman–Crippen LogP) is 1.55. The Labute approximate surface area is 95.8 Å². The molecule has 0 amide bonds. The highest BCUT2D eigenvalue weighted by molar-refractivity contribution is 5.74. The molecule has 1 aromatic carbocycles. The fraction of sp³-hybridized carbons (Fsp3) is 0.462. The van der Waals surface area contributed by atoms with Crippen LogP contribution in [0.25, 0.3) is 0 Å². The molecule has 0 aromatic heterocycles. The molecule has 3 heteroatoms. The van der Waals surface area contributed by atoms with Crippen LogP contribution in [0.4, 0.5) is 0 Å². The van der Waals surface area contributed by atoms with E-state index in [4.69, 9.17) is 4.74 Å². The molecule has 1 N–H and O–H groups in total. The Morgan fingerprint density at radius 1 is 1.38 bits per heavy atom. The molecule has 1 aromatic rings. The fourth-order valence-electron chi connectivity index (χ4n) is 2.23. The molecular weight excluding hydrogens is 202 g/mol. The minimum Gasteiger partial charge on any atom is -0.466 e. The van der Waals surface area contributed by atoms with Crippen molar-refractivity contribution < 1.29 is 9.53 Å². The lowest BCUT2D eigenvalue weighted by atomic mass is 9.89. The van der Waals surface area contributed by atoms with Crippen LogP contribution in [0.3, 0.4) is 0 Å². The van der Waals surface area contributed by atoms with Crippen molar-refractivity contribution in [1.29, 1.82) is 0 Å². The first kappa shape index (κ1) is 11.1. The zero-order chi connectivity index (χ0) is 11.4. The topological polar surface area (TPSA) is 38.3 Å². The third kappa shape index (κ3) is 2.25. The lowest BCUT2D eigenvalue weighted by molar-refractivity contribution is -0.147. The Morgan fingerprint density at radius 2 is 2.12 bits per heavy atom. The second kappa shape index (κ2) is 5.12. The second-order valence-electron chi connectivity index (χ2n) is 4.03. The van der Waals surface area contributed by atoms with Crippen molar-refractivity contribution in [3.8, 4) is 0 Å². The van der Waals surface area contributed by atoms with Crippen LogP contribution >= 0.6 is 0 Å². The van der Waals surface area contributed by atoms with Crippen molar-refractivity contribution in [2.24, 2.45) is 5.92 Å². The molecule has 0 bridgehead atoms. The molecule has 1 aliphatic heterocycles. The van der Waals surface area contributed by atoms with E-state index in [2.05, 4.69) is 17.4 Å². The first-order valence-electron chi connectivity index (χ1n) is 5.75. The van der Waals surface area contributed by atoms with Gasteiger partial charge in [-0.1, -0.05) is 30.3 Å². The normalized spacial score (nSPS) is 24.3. The molecule has 0 unspecified atom stereocenters. The lowest BCUT2D eigenvalue weighted by Crippen LogP contribution is -2.24. The average Bonchev–Trinajstić information content (AvgIpc) is 2.79. The molecule has 16 heavy (non-hydrogen) atoms. The molecule has 1 fully saturated rings. The number of ether oxygens (including phenoxy) is 1. The lowest BCUT2D eigenvalue weighted by Gasteiger charge is -2.17. The van der Waals surface area contributed by atoms with Crippen LogP contribution in [0.15, 0.2) is 30.3 Å². The molecule has 2 atom stereocenters. The summed E-state index contributed by atoms with van der Waals surface area (Å²) in [6.45, 7) is 3.88. The van der Waals surface area contributed by atoms with Crippen LogP contribution in [0.1, 0.15) is 18.4 Å². The molecule has 86 valence electrons. The molecular formula is C13H17NO2. The van der Waals surface area contributed by atoms with Gasteiger partial charge in [0.15, 0.2) is 0 Å². The van der Waals surface area contributed by atoms with Crippen molar-refractivity contribution in [2.45, 2.75) is 12.8 Å². The Bertz CT molecular complexity index is 350. The first-order chi connectivity index (χ1) is 7.83. The Kier molecular flexibility index (Phi) is 3.57. The number of benzene rings is 1. The summed E-state index contributed by atoms with van der Waals surface area (Å²) in [4.78, 5) is 11.8. The van der Waals surface area contributed by atoms with Crippen LogP contribution < -0.4 is 5.32 Å². The summed E-state index contributed by atoms with van der Waals surface area (Å²) in [7, 11) is 0. The fourth-order valence-corrected chi connectivity index (χ4v) is 2.23. The van der Waals surface area contributed by atoms with Crippen LogP contribution in [-0.2, 0) is 9.53 Å². The molecule has 0 spiro atoms. The van der Waals surface area contributed by atoms with Crippen molar-refractivity contribution in [3.63, 3.8) is 0 Å². The number of rotatable bonds is 3. The van der Waals surface area contributed by atoms with Gasteiger partial charge in [0, 0.05) is 19.0 Å². The zero-order valence-electron chi connectivity index (χ0n) is 9.48. The SMILES string of the molecule is CCOC(=O)[C@H]1CNC[C@@H]1c1ccccc1.